The monoisotopic (exact) mass is 220 g/mol. The first-order valence-electron chi connectivity index (χ1n) is 3.92. The van der Waals surface area contributed by atoms with E-state index in [0.717, 1.165) is 4.47 Å². The Morgan fingerprint density at radius 2 is 1.83 bits per heavy atom. The minimum atomic E-state index is 1.15. The molecule has 0 saturated carbocycles. The fraction of sp³-hybridized carbons (Fsp3) is 0.0909. The smallest absolute Gasteiger partial charge is 0.0184 e. The molecule has 0 fully saturated rings. The summed E-state index contributed by atoms with van der Waals surface area (Å²) < 4.78 is 1.15. The van der Waals surface area contributed by atoms with Crippen molar-refractivity contribution in [1.29, 1.82) is 0 Å². The summed E-state index contributed by atoms with van der Waals surface area (Å²) in [6, 6.07) is 12.7. The fourth-order valence-electron chi connectivity index (χ4n) is 1.46. The standard InChI is InChI=1S/C11H9Br/c1-8-6-10(12)7-9-4-2-3-5-11(8)9/h2-7H,1H3. The van der Waals surface area contributed by atoms with Gasteiger partial charge in [0.05, 0.1) is 0 Å². The third kappa shape index (κ3) is 1.25. The van der Waals surface area contributed by atoms with Crippen LogP contribution in [0, 0.1) is 6.92 Å². The average molecular weight is 221 g/mol. The number of fused-ring (bicyclic) bond motifs is 1. The van der Waals surface area contributed by atoms with E-state index in [2.05, 4.69) is 59.3 Å². The van der Waals surface area contributed by atoms with Crippen LogP contribution in [0.1, 0.15) is 5.56 Å². The van der Waals surface area contributed by atoms with E-state index in [1.165, 1.54) is 16.3 Å². The van der Waals surface area contributed by atoms with Crippen LogP contribution < -0.4 is 0 Å². The first-order valence-corrected chi connectivity index (χ1v) is 4.71. The molecule has 60 valence electrons. The van der Waals surface area contributed by atoms with E-state index in [0.29, 0.717) is 0 Å². The van der Waals surface area contributed by atoms with Crippen LogP contribution in [0.25, 0.3) is 10.8 Å². The van der Waals surface area contributed by atoms with Crippen LogP contribution in [-0.2, 0) is 0 Å². The Balaban J connectivity index is 2.89. The number of rotatable bonds is 0. The molecule has 0 aliphatic rings. The number of halogens is 1. The molecule has 0 aliphatic heterocycles. The minimum Gasteiger partial charge on any atom is -0.0616 e. The Morgan fingerprint density at radius 1 is 1.08 bits per heavy atom. The van der Waals surface area contributed by atoms with Crippen molar-refractivity contribution >= 4 is 26.7 Å². The molecule has 0 atom stereocenters. The average Bonchev–Trinajstić information content (AvgIpc) is 2.04. The molecule has 0 unspecified atom stereocenters. The molecule has 0 radical (unpaired) electrons. The highest BCUT2D eigenvalue weighted by Gasteiger charge is 1.96. The van der Waals surface area contributed by atoms with Crippen molar-refractivity contribution in [2.75, 3.05) is 0 Å². The lowest BCUT2D eigenvalue weighted by molar-refractivity contribution is 1.51. The molecule has 2 rings (SSSR count). The van der Waals surface area contributed by atoms with E-state index in [9.17, 15) is 0 Å². The minimum absolute atomic E-state index is 1.15. The third-order valence-corrected chi connectivity index (χ3v) is 2.49. The molecule has 2 aromatic carbocycles. The molecule has 0 nitrogen and oxygen atoms in total. The Hall–Kier alpha value is -0.820. The zero-order chi connectivity index (χ0) is 8.55. The summed E-state index contributed by atoms with van der Waals surface area (Å²) in [6.45, 7) is 2.13. The maximum Gasteiger partial charge on any atom is 0.0184 e. The highest BCUT2D eigenvalue weighted by Crippen LogP contribution is 2.23. The normalized spacial score (nSPS) is 10.5. The molecule has 12 heavy (non-hydrogen) atoms. The Kier molecular flexibility index (Phi) is 1.89. The van der Waals surface area contributed by atoms with E-state index >= 15 is 0 Å². The second kappa shape index (κ2) is 2.91. The van der Waals surface area contributed by atoms with E-state index < -0.39 is 0 Å². The lowest BCUT2D eigenvalue weighted by Crippen LogP contribution is -1.77. The number of benzene rings is 2. The summed E-state index contributed by atoms with van der Waals surface area (Å²) in [5, 5.41) is 2.63. The summed E-state index contributed by atoms with van der Waals surface area (Å²) in [6.07, 6.45) is 0. The van der Waals surface area contributed by atoms with Gasteiger partial charge in [0.25, 0.3) is 0 Å². The van der Waals surface area contributed by atoms with Crippen molar-refractivity contribution in [3.05, 3.63) is 46.4 Å². The molecule has 0 amide bonds. The lowest BCUT2D eigenvalue weighted by atomic mass is 10.1. The summed E-state index contributed by atoms with van der Waals surface area (Å²) >= 11 is 3.48. The molecule has 0 aliphatic carbocycles. The summed E-state index contributed by atoms with van der Waals surface area (Å²) in [7, 11) is 0. The fourth-order valence-corrected chi connectivity index (χ4v) is 2.05. The van der Waals surface area contributed by atoms with Gasteiger partial charge in [-0.2, -0.15) is 0 Å². The van der Waals surface area contributed by atoms with Gasteiger partial charge < -0.3 is 0 Å². The first-order chi connectivity index (χ1) is 5.77. The highest BCUT2D eigenvalue weighted by atomic mass is 79.9. The predicted octanol–water partition coefficient (Wildman–Crippen LogP) is 3.91. The SMILES string of the molecule is Cc1cc(Br)cc2ccccc12. The molecule has 0 saturated heterocycles. The van der Waals surface area contributed by atoms with Crippen LogP contribution in [0.15, 0.2) is 40.9 Å². The van der Waals surface area contributed by atoms with E-state index in [-0.39, 0.29) is 0 Å². The van der Waals surface area contributed by atoms with E-state index in [1.807, 2.05) is 0 Å². The van der Waals surface area contributed by atoms with Crippen molar-refractivity contribution in [3.63, 3.8) is 0 Å². The largest absolute Gasteiger partial charge is 0.0616 e. The van der Waals surface area contributed by atoms with Gasteiger partial charge in [0.1, 0.15) is 0 Å². The maximum atomic E-state index is 3.48. The van der Waals surface area contributed by atoms with Gasteiger partial charge in [0, 0.05) is 4.47 Å². The van der Waals surface area contributed by atoms with Crippen LogP contribution in [0.3, 0.4) is 0 Å². The quantitative estimate of drug-likeness (QED) is 0.632. The Morgan fingerprint density at radius 3 is 2.67 bits per heavy atom. The van der Waals surface area contributed by atoms with Crippen LogP contribution in [0.4, 0.5) is 0 Å². The number of aryl methyl sites for hydroxylation is 1. The van der Waals surface area contributed by atoms with Crippen LogP contribution in [-0.4, -0.2) is 0 Å². The predicted molar refractivity (Wildman–Crippen MR) is 56.4 cm³/mol. The van der Waals surface area contributed by atoms with Gasteiger partial charge in [-0.05, 0) is 35.4 Å². The molecule has 0 N–H and O–H groups in total. The van der Waals surface area contributed by atoms with Gasteiger partial charge in [-0.3, -0.25) is 0 Å². The lowest BCUT2D eigenvalue weighted by Gasteiger charge is -2.01. The maximum absolute atomic E-state index is 3.48. The summed E-state index contributed by atoms with van der Waals surface area (Å²) in [5.41, 5.74) is 1.32. The Bertz CT molecular complexity index is 418. The second-order valence-corrected chi connectivity index (χ2v) is 3.86. The second-order valence-electron chi connectivity index (χ2n) is 2.94. The van der Waals surface area contributed by atoms with Gasteiger partial charge in [-0.1, -0.05) is 40.2 Å². The van der Waals surface area contributed by atoms with Crippen LogP contribution in [0.5, 0.6) is 0 Å². The van der Waals surface area contributed by atoms with Gasteiger partial charge in [0.15, 0.2) is 0 Å². The molecular formula is C11H9Br. The summed E-state index contributed by atoms with van der Waals surface area (Å²) in [5.74, 6) is 0. The van der Waals surface area contributed by atoms with Crippen LogP contribution in [0.2, 0.25) is 0 Å². The molecular weight excluding hydrogens is 212 g/mol. The summed E-state index contributed by atoms with van der Waals surface area (Å²) in [4.78, 5) is 0. The van der Waals surface area contributed by atoms with Gasteiger partial charge in [-0.15, -0.1) is 0 Å². The number of hydrogen-bond acceptors (Lipinski definition) is 0. The van der Waals surface area contributed by atoms with Crippen molar-refractivity contribution in [3.8, 4) is 0 Å². The van der Waals surface area contributed by atoms with Gasteiger partial charge in [-0.25, -0.2) is 0 Å². The van der Waals surface area contributed by atoms with Crippen molar-refractivity contribution in [2.24, 2.45) is 0 Å². The van der Waals surface area contributed by atoms with Crippen molar-refractivity contribution < 1.29 is 0 Å². The molecule has 1 heteroatoms. The van der Waals surface area contributed by atoms with Crippen molar-refractivity contribution in [2.45, 2.75) is 6.92 Å². The molecule has 0 spiro atoms. The zero-order valence-corrected chi connectivity index (χ0v) is 8.43. The molecule has 0 aromatic heterocycles. The molecule has 2 aromatic rings. The van der Waals surface area contributed by atoms with Crippen molar-refractivity contribution in [1.82, 2.24) is 0 Å². The third-order valence-electron chi connectivity index (χ3n) is 2.03. The molecule has 0 heterocycles. The zero-order valence-electron chi connectivity index (χ0n) is 6.84. The first kappa shape index (κ1) is 7.81. The van der Waals surface area contributed by atoms with E-state index in [4.69, 9.17) is 0 Å². The molecule has 0 bridgehead atoms. The Labute approximate surface area is 80.3 Å². The van der Waals surface area contributed by atoms with Gasteiger partial charge in [0.2, 0.25) is 0 Å². The van der Waals surface area contributed by atoms with Gasteiger partial charge >= 0.3 is 0 Å². The topological polar surface area (TPSA) is 0 Å². The number of hydrogen-bond donors (Lipinski definition) is 0. The van der Waals surface area contributed by atoms with E-state index in [1.54, 1.807) is 0 Å². The van der Waals surface area contributed by atoms with Crippen LogP contribution >= 0.6 is 15.9 Å². The highest BCUT2D eigenvalue weighted by molar-refractivity contribution is 9.10.